The summed E-state index contributed by atoms with van der Waals surface area (Å²) in [7, 11) is -1.78. The van der Waals surface area contributed by atoms with Crippen molar-refractivity contribution < 1.29 is 17.2 Å². The summed E-state index contributed by atoms with van der Waals surface area (Å²) in [6, 6.07) is 3.35. The maximum absolute atomic E-state index is 13.3. The summed E-state index contributed by atoms with van der Waals surface area (Å²) in [6.07, 6.45) is 1.09. The van der Waals surface area contributed by atoms with Gasteiger partial charge in [-0.15, -0.1) is 24.0 Å². The Kier molecular flexibility index (Phi) is 9.23. The van der Waals surface area contributed by atoms with Crippen LogP contribution in [0.25, 0.3) is 0 Å². The Morgan fingerprint density at radius 3 is 2.36 bits per heavy atom. The monoisotopic (exact) mass is 490 g/mol. The Labute approximate surface area is 164 Å². The zero-order valence-electron chi connectivity index (χ0n) is 14.9. The number of benzene rings is 1. The van der Waals surface area contributed by atoms with Gasteiger partial charge in [-0.3, -0.25) is 4.99 Å². The molecule has 3 N–H and O–H groups in total. The standard InChI is InChI=1S/C15H24F2N4O2S.HI/c1-10(11-6-7-12(16)13(17)8-11)20-14(18-4)19-9-15(2,3)21-24(5,22)23;/h6-8,10,21H,9H2,1-5H3,(H2,18,19,20);1H. The quantitative estimate of drug-likeness (QED) is 0.324. The van der Waals surface area contributed by atoms with Gasteiger partial charge in [0.05, 0.1) is 12.3 Å². The first-order valence-electron chi connectivity index (χ1n) is 7.34. The largest absolute Gasteiger partial charge is 0.355 e. The average molecular weight is 490 g/mol. The molecule has 10 heteroatoms. The fourth-order valence-electron chi connectivity index (χ4n) is 2.11. The minimum atomic E-state index is -3.34. The van der Waals surface area contributed by atoms with E-state index in [9.17, 15) is 17.2 Å². The number of nitrogens with one attached hydrogen (secondary N) is 3. The van der Waals surface area contributed by atoms with Crippen LogP contribution >= 0.6 is 24.0 Å². The molecule has 25 heavy (non-hydrogen) atoms. The zero-order chi connectivity index (χ0) is 18.5. The lowest BCUT2D eigenvalue weighted by atomic mass is 10.1. The molecule has 0 saturated heterocycles. The number of hydrogen-bond donors (Lipinski definition) is 3. The molecule has 1 atom stereocenters. The van der Waals surface area contributed by atoms with Crippen molar-refractivity contribution in [1.29, 1.82) is 0 Å². The topological polar surface area (TPSA) is 82.6 Å². The molecule has 0 radical (unpaired) electrons. The molecule has 1 aromatic rings. The van der Waals surface area contributed by atoms with E-state index in [4.69, 9.17) is 0 Å². The second kappa shape index (κ2) is 9.62. The molecule has 0 fully saturated rings. The van der Waals surface area contributed by atoms with E-state index >= 15 is 0 Å². The molecule has 1 unspecified atom stereocenters. The van der Waals surface area contributed by atoms with Gasteiger partial charge in [-0.05, 0) is 38.5 Å². The molecule has 0 spiro atoms. The molecular formula is C15H25F2IN4O2S. The summed E-state index contributed by atoms with van der Waals surface area (Å²) in [5.41, 5.74) is -0.165. The summed E-state index contributed by atoms with van der Waals surface area (Å²) in [5, 5.41) is 6.04. The average Bonchev–Trinajstić information content (AvgIpc) is 2.43. The van der Waals surface area contributed by atoms with Crippen molar-refractivity contribution in [3.05, 3.63) is 35.4 Å². The second-order valence-electron chi connectivity index (χ2n) is 6.22. The van der Waals surface area contributed by atoms with Crippen molar-refractivity contribution in [2.75, 3.05) is 19.8 Å². The number of rotatable bonds is 6. The van der Waals surface area contributed by atoms with E-state index in [1.165, 1.54) is 6.07 Å². The minimum absolute atomic E-state index is 0. The lowest BCUT2D eigenvalue weighted by Gasteiger charge is -2.27. The molecule has 0 bridgehead atoms. The molecule has 1 aromatic carbocycles. The number of sulfonamides is 1. The van der Waals surface area contributed by atoms with Gasteiger partial charge in [0, 0.05) is 19.1 Å². The van der Waals surface area contributed by atoms with Crippen LogP contribution in [0, 0.1) is 11.6 Å². The first-order valence-corrected chi connectivity index (χ1v) is 9.24. The van der Waals surface area contributed by atoms with Crippen LogP contribution in [0.2, 0.25) is 0 Å². The maximum atomic E-state index is 13.3. The molecular weight excluding hydrogens is 465 g/mol. The van der Waals surface area contributed by atoms with Gasteiger partial charge >= 0.3 is 0 Å². The molecule has 0 aliphatic heterocycles. The Morgan fingerprint density at radius 1 is 1.28 bits per heavy atom. The highest BCUT2D eigenvalue weighted by atomic mass is 127. The highest BCUT2D eigenvalue weighted by Crippen LogP contribution is 2.15. The number of aliphatic imine (C=N–C) groups is 1. The first-order chi connectivity index (χ1) is 10.9. The smallest absolute Gasteiger partial charge is 0.209 e. The van der Waals surface area contributed by atoms with Crippen LogP contribution in [0.5, 0.6) is 0 Å². The van der Waals surface area contributed by atoms with Crippen LogP contribution in [0.1, 0.15) is 32.4 Å². The van der Waals surface area contributed by atoms with Crippen LogP contribution in [0.3, 0.4) is 0 Å². The van der Waals surface area contributed by atoms with E-state index in [-0.39, 0.29) is 36.6 Å². The van der Waals surface area contributed by atoms with Crippen molar-refractivity contribution in [3.8, 4) is 0 Å². The Balaban J connectivity index is 0.00000576. The maximum Gasteiger partial charge on any atom is 0.209 e. The highest BCUT2D eigenvalue weighted by molar-refractivity contribution is 14.0. The van der Waals surface area contributed by atoms with E-state index in [0.29, 0.717) is 11.5 Å². The van der Waals surface area contributed by atoms with Crippen LogP contribution in [0.15, 0.2) is 23.2 Å². The summed E-state index contributed by atoms with van der Waals surface area (Å²) in [5.74, 6) is -1.40. The van der Waals surface area contributed by atoms with Crippen molar-refractivity contribution in [2.45, 2.75) is 32.4 Å². The molecule has 0 amide bonds. The molecule has 6 nitrogen and oxygen atoms in total. The molecule has 144 valence electrons. The van der Waals surface area contributed by atoms with Crippen LogP contribution < -0.4 is 15.4 Å². The first kappa shape index (κ1) is 24.0. The predicted octanol–water partition coefficient (Wildman–Crippen LogP) is 2.14. The van der Waals surface area contributed by atoms with Crippen LogP contribution in [-0.2, 0) is 10.0 Å². The zero-order valence-corrected chi connectivity index (χ0v) is 18.0. The third kappa shape index (κ3) is 8.77. The van der Waals surface area contributed by atoms with Crippen molar-refractivity contribution in [1.82, 2.24) is 15.4 Å². The third-order valence-corrected chi connectivity index (χ3v) is 4.10. The lowest BCUT2D eigenvalue weighted by Crippen LogP contribution is -2.53. The molecule has 0 saturated carbocycles. The van der Waals surface area contributed by atoms with Crippen LogP contribution in [-0.4, -0.2) is 39.8 Å². The third-order valence-electron chi connectivity index (χ3n) is 3.18. The van der Waals surface area contributed by atoms with E-state index in [0.717, 1.165) is 18.4 Å². The highest BCUT2D eigenvalue weighted by Gasteiger charge is 2.22. The van der Waals surface area contributed by atoms with E-state index < -0.39 is 27.2 Å². The summed E-state index contributed by atoms with van der Waals surface area (Å²) in [6.45, 7) is 5.52. The van der Waals surface area contributed by atoms with Gasteiger partial charge in [0.25, 0.3) is 0 Å². The number of guanidine groups is 1. The number of hydrogen-bond acceptors (Lipinski definition) is 3. The van der Waals surface area contributed by atoms with Crippen molar-refractivity contribution in [2.24, 2.45) is 4.99 Å². The minimum Gasteiger partial charge on any atom is -0.355 e. The fraction of sp³-hybridized carbons (Fsp3) is 0.533. The van der Waals surface area contributed by atoms with Gasteiger partial charge in [0.1, 0.15) is 0 Å². The Hall–Kier alpha value is -1.01. The summed E-state index contributed by atoms with van der Waals surface area (Å²) < 4.78 is 51.5. The SMILES string of the molecule is CN=C(NCC(C)(C)NS(C)(=O)=O)NC(C)c1ccc(F)c(F)c1.I. The number of halogens is 3. The van der Waals surface area contributed by atoms with Gasteiger partial charge in [0.15, 0.2) is 17.6 Å². The molecule has 0 aromatic heterocycles. The van der Waals surface area contributed by atoms with Gasteiger partial charge in [-0.1, -0.05) is 6.07 Å². The van der Waals surface area contributed by atoms with Gasteiger partial charge in [-0.2, -0.15) is 0 Å². The molecule has 1 rings (SSSR count). The second-order valence-corrected chi connectivity index (χ2v) is 7.97. The molecule has 0 heterocycles. The van der Waals surface area contributed by atoms with E-state index in [2.05, 4.69) is 20.3 Å². The van der Waals surface area contributed by atoms with E-state index in [1.54, 1.807) is 27.8 Å². The van der Waals surface area contributed by atoms with Gasteiger partial charge in [0.2, 0.25) is 10.0 Å². The fourth-order valence-corrected chi connectivity index (χ4v) is 3.18. The Morgan fingerprint density at radius 2 is 1.88 bits per heavy atom. The van der Waals surface area contributed by atoms with Crippen molar-refractivity contribution >= 4 is 40.0 Å². The van der Waals surface area contributed by atoms with Crippen LogP contribution in [0.4, 0.5) is 8.78 Å². The summed E-state index contributed by atoms with van der Waals surface area (Å²) >= 11 is 0. The lowest BCUT2D eigenvalue weighted by molar-refractivity contribution is 0.445. The van der Waals surface area contributed by atoms with E-state index in [1.807, 2.05) is 0 Å². The molecule has 0 aliphatic rings. The molecule has 0 aliphatic carbocycles. The summed E-state index contributed by atoms with van der Waals surface area (Å²) in [4.78, 5) is 4.04. The van der Waals surface area contributed by atoms with Crippen molar-refractivity contribution in [3.63, 3.8) is 0 Å². The predicted molar refractivity (Wildman–Crippen MR) is 107 cm³/mol. The van der Waals surface area contributed by atoms with Gasteiger partial charge < -0.3 is 10.6 Å². The normalized spacial score (nSPS) is 13.8. The Bertz CT molecular complexity index is 711. The van der Waals surface area contributed by atoms with Gasteiger partial charge in [-0.25, -0.2) is 21.9 Å². The number of nitrogens with zero attached hydrogens (tertiary/aromatic N) is 1.